The monoisotopic (exact) mass is 290 g/mol. The first-order valence-corrected chi connectivity index (χ1v) is 6.80. The molecule has 2 rings (SSSR count). The number of esters is 1. The summed E-state index contributed by atoms with van der Waals surface area (Å²) in [5.41, 5.74) is 0. The predicted molar refractivity (Wildman–Crippen MR) is 76.4 cm³/mol. The summed E-state index contributed by atoms with van der Waals surface area (Å²) in [6.07, 6.45) is 3.13. The molecule has 1 N–H and O–H groups in total. The standard InChI is InChI=1S/C13H18N6O2/c1-4-6-14-10-7-11(17-9(5-2)16-10)19-8-15-12(18-19)13(20)21-3/h7-8H,4-6H2,1-3H3,(H,14,16,17). The first-order valence-electron chi connectivity index (χ1n) is 6.80. The van der Waals surface area contributed by atoms with Crippen LogP contribution in [0.25, 0.3) is 5.82 Å². The number of aromatic nitrogens is 5. The number of carbonyl (C=O) groups excluding carboxylic acids is 1. The van der Waals surface area contributed by atoms with Gasteiger partial charge in [-0.3, -0.25) is 0 Å². The topological polar surface area (TPSA) is 94.8 Å². The Morgan fingerprint density at radius 3 is 2.86 bits per heavy atom. The lowest BCUT2D eigenvalue weighted by Gasteiger charge is -2.08. The van der Waals surface area contributed by atoms with Crippen molar-refractivity contribution in [3.05, 3.63) is 24.0 Å². The Labute approximate surface area is 122 Å². The highest BCUT2D eigenvalue weighted by Crippen LogP contribution is 2.11. The number of nitrogens with one attached hydrogen (secondary N) is 1. The normalized spacial score (nSPS) is 10.4. The van der Waals surface area contributed by atoms with Gasteiger partial charge in [-0.15, -0.1) is 5.10 Å². The molecule has 0 unspecified atom stereocenters. The number of nitrogens with zero attached hydrogens (tertiary/aromatic N) is 5. The van der Waals surface area contributed by atoms with Crippen LogP contribution in [0.5, 0.6) is 0 Å². The minimum atomic E-state index is -0.581. The van der Waals surface area contributed by atoms with E-state index in [-0.39, 0.29) is 5.82 Å². The van der Waals surface area contributed by atoms with Gasteiger partial charge < -0.3 is 10.1 Å². The summed E-state index contributed by atoms with van der Waals surface area (Å²) in [5.74, 6) is 1.40. The van der Waals surface area contributed by atoms with E-state index in [0.717, 1.165) is 18.8 Å². The van der Waals surface area contributed by atoms with E-state index < -0.39 is 5.97 Å². The molecule has 0 aliphatic rings. The van der Waals surface area contributed by atoms with E-state index in [1.165, 1.54) is 18.1 Å². The summed E-state index contributed by atoms with van der Waals surface area (Å²) in [7, 11) is 1.29. The zero-order valence-corrected chi connectivity index (χ0v) is 12.3. The molecule has 0 aliphatic heterocycles. The number of carbonyl (C=O) groups is 1. The van der Waals surface area contributed by atoms with E-state index in [9.17, 15) is 4.79 Å². The Morgan fingerprint density at radius 1 is 1.38 bits per heavy atom. The van der Waals surface area contributed by atoms with Crippen LogP contribution in [0, 0.1) is 0 Å². The molecule has 0 spiro atoms. The second-order valence-corrected chi connectivity index (χ2v) is 4.31. The molecular weight excluding hydrogens is 272 g/mol. The second-order valence-electron chi connectivity index (χ2n) is 4.31. The number of rotatable bonds is 6. The third-order valence-corrected chi connectivity index (χ3v) is 2.73. The van der Waals surface area contributed by atoms with Crippen molar-refractivity contribution in [2.75, 3.05) is 19.0 Å². The van der Waals surface area contributed by atoms with Gasteiger partial charge in [-0.1, -0.05) is 13.8 Å². The third-order valence-electron chi connectivity index (χ3n) is 2.73. The SMILES string of the molecule is CCCNc1cc(-n2cnc(C(=O)OC)n2)nc(CC)n1. The summed E-state index contributed by atoms with van der Waals surface area (Å²) in [5, 5.41) is 7.28. The van der Waals surface area contributed by atoms with Crippen LogP contribution in [0.3, 0.4) is 0 Å². The van der Waals surface area contributed by atoms with Crippen molar-refractivity contribution >= 4 is 11.8 Å². The molecule has 8 nitrogen and oxygen atoms in total. The fourth-order valence-electron chi connectivity index (χ4n) is 1.66. The quantitative estimate of drug-likeness (QED) is 0.799. The van der Waals surface area contributed by atoms with Crippen LogP contribution in [0.1, 0.15) is 36.7 Å². The average molecular weight is 290 g/mol. The molecule has 0 radical (unpaired) electrons. The molecule has 0 aliphatic carbocycles. The number of anilines is 1. The van der Waals surface area contributed by atoms with Gasteiger partial charge in [0.2, 0.25) is 0 Å². The Balaban J connectivity index is 2.33. The highest BCUT2D eigenvalue weighted by atomic mass is 16.5. The van der Waals surface area contributed by atoms with Gasteiger partial charge in [0.05, 0.1) is 7.11 Å². The first-order chi connectivity index (χ1) is 10.2. The van der Waals surface area contributed by atoms with Crippen molar-refractivity contribution in [3.63, 3.8) is 0 Å². The fraction of sp³-hybridized carbons (Fsp3) is 0.462. The lowest BCUT2D eigenvalue weighted by atomic mass is 10.4. The van der Waals surface area contributed by atoms with Crippen molar-refractivity contribution in [2.45, 2.75) is 26.7 Å². The molecular formula is C13H18N6O2. The largest absolute Gasteiger partial charge is 0.463 e. The third kappa shape index (κ3) is 3.53. The zero-order valence-electron chi connectivity index (χ0n) is 12.3. The highest BCUT2D eigenvalue weighted by molar-refractivity contribution is 5.84. The maximum atomic E-state index is 11.4. The van der Waals surface area contributed by atoms with Crippen molar-refractivity contribution in [1.29, 1.82) is 0 Å². The molecule has 0 bridgehead atoms. The summed E-state index contributed by atoms with van der Waals surface area (Å²) in [6, 6.07) is 1.77. The van der Waals surface area contributed by atoms with Crippen LogP contribution in [-0.4, -0.2) is 44.4 Å². The number of aryl methyl sites for hydroxylation is 1. The minimum Gasteiger partial charge on any atom is -0.463 e. The maximum Gasteiger partial charge on any atom is 0.377 e. The van der Waals surface area contributed by atoms with E-state index in [1.807, 2.05) is 6.92 Å². The molecule has 8 heteroatoms. The Morgan fingerprint density at radius 2 is 2.19 bits per heavy atom. The van der Waals surface area contributed by atoms with E-state index >= 15 is 0 Å². The summed E-state index contributed by atoms with van der Waals surface area (Å²) in [6.45, 7) is 4.88. The zero-order chi connectivity index (χ0) is 15.2. The van der Waals surface area contributed by atoms with Gasteiger partial charge in [-0.05, 0) is 6.42 Å². The van der Waals surface area contributed by atoms with Crippen molar-refractivity contribution < 1.29 is 9.53 Å². The number of hydrogen-bond donors (Lipinski definition) is 1. The van der Waals surface area contributed by atoms with Crippen LogP contribution in [0.2, 0.25) is 0 Å². The Bertz CT molecular complexity index is 625. The summed E-state index contributed by atoms with van der Waals surface area (Å²) in [4.78, 5) is 24.1. The van der Waals surface area contributed by atoms with Gasteiger partial charge in [-0.25, -0.2) is 24.4 Å². The molecule has 2 aromatic heterocycles. The molecule has 0 saturated heterocycles. The van der Waals surface area contributed by atoms with E-state index in [1.54, 1.807) is 6.07 Å². The summed E-state index contributed by atoms with van der Waals surface area (Å²) >= 11 is 0. The van der Waals surface area contributed by atoms with Gasteiger partial charge in [0.25, 0.3) is 5.82 Å². The molecule has 0 amide bonds. The van der Waals surface area contributed by atoms with Gasteiger partial charge in [0, 0.05) is 19.0 Å². The van der Waals surface area contributed by atoms with Crippen molar-refractivity contribution in [2.24, 2.45) is 0 Å². The molecule has 21 heavy (non-hydrogen) atoms. The van der Waals surface area contributed by atoms with Crippen molar-refractivity contribution in [3.8, 4) is 5.82 Å². The predicted octanol–water partition coefficient (Wildman–Crippen LogP) is 1.23. The fourth-order valence-corrected chi connectivity index (χ4v) is 1.66. The van der Waals surface area contributed by atoms with Gasteiger partial charge in [0.1, 0.15) is 18.0 Å². The highest BCUT2D eigenvalue weighted by Gasteiger charge is 2.13. The Kier molecular flexibility index (Phi) is 4.81. The maximum absolute atomic E-state index is 11.4. The van der Waals surface area contributed by atoms with Crippen LogP contribution in [0.15, 0.2) is 12.4 Å². The van der Waals surface area contributed by atoms with Crippen molar-refractivity contribution in [1.82, 2.24) is 24.7 Å². The van der Waals surface area contributed by atoms with Crippen LogP contribution in [-0.2, 0) is 11.2 Å². The van der Waals surface area contributed by atoms with E-state index in [0.29, 0.717) is 18.1 Å². The minimum absolute atomic E-state index is 0.00257. The number of hydrogen-bond acceptors (Lipinski definition) is 7. The lowest BCUT2D eigenvalue weighted by Crippen LogP contribution is -2.09. The Hall–Kier alpha value is -2.51. The van der Waals surface area contributed by atoms with Gasteiger partial charge in [-0.2, -0.15) is 0 Å². The average Bonchev–Trinajstić information content (AvgIpc) is 3.01. The second kappa shape index (κ2) is 6.78. The first kappa shape index (κ1) is 14.9. The molecule has 112 valence electrons. The molecule has 2 heterocycles. The van der Waals surface area contributed by atoms with Crippen LogP contribution < -0.4 is 5.32 Å². The van der Waals surface area contributed by atoms with Gasteiger partial charge in [0.15, 0.2) is 5.82 Å². The summed E-state index contributed by atoms with van der Waals surface area (Å²) < 4.78 is 6.02. The lowest BCUT2D eigenvalue weighted by molar-refractivity contribution is 0.0587. The van der Waals surface area contributed by atoms with Crippen LogP contribution >= 0.6 is 0 Å². The van der Waals surface area contributed by atoms with E-state index in [4.69, 9.17) is 0 Å². The number of ether oxygens (including phenoxy) is 1. The smallest absolute Gasteiger partial charge is 0.377 e. The van der Waals surface area contributed by atoms with Gasteiger partial charge >= 0.3 is 5.97 Å². The molecule has 0 aromatic carbocycles. The van der Waals surface area contributed by atoms with E-state index in [2.05, 4.69) is 37.0 Å². The molecule has 0 atom stereocenters. The van der Waals surface area contributed by atoms with Crippen LogP contribution in [0.4, 0.5) is 5.82 Å². The molecule has 2 aromatic rings. The number of methoxy groups -OCH3 is 1. The molecule has 0 saturated carbocycles. The molecule has 0 fully saturated rings.